The van der Waals surface area contributed by atoms with Crippen molar-refractivity contribution in [3.8, 4) is 0 Å². The van der Waals surface area contributed by atoms with Gasteiger partial charge in [-0.15, -0.1) is 0 Å². The summed E-state index contributed by atoms with van der Waals surface area (Å²) < 4.78 is 0. The van der Waals surface area contributed by atoms with Crippen LogP contribution in [0.1, 0.15) is 52.4 Å². The van der Waals surface area contributed by atoms with Gasteiger partial charge in [0.15, 0.2) is 0 Å². The highest BCUT2D eigenvalue weighted by atomic mass is 15.2. The van der Waals surface area contributed by atoms with E-state index in [1.54, 1.807) is 0 Å². The quantitative estimate of drug-likeness (QED) is 0.848. The second kappa shape index (κ2) is 7.61. The first-order valence-corrected chi connectivity index (χ1v) is 8.46. The van der Waals surface area contributed by atoms with Gasteiger partial charge >= 0.3 is 0 Å². The minimum absolute atomic E-state index is 0.650. The van der Waals surface area contributed by atoms with Crippen molar-refractivity contribution < 1.29 is 0 Å². The van der Waals surface area contributed by atoms with Gasteiger partial charge in [0.2, 0.25) is 0 Å². The van der Waals surface area contributed by atoms with Gasteiger partial charge in [-0.25, -0.2) is 0 Å². The first kappa shape index (κ1) is 15.3. The highest BCUT2D eigenvalue weighted by Crippen LogP contribution is 2.29. The van der Waals surface area contributed by atoms with Gasteiger partial charge in [0.1, 0.15) is 0 Å². The summed E-state index contributed by atoms with van der Waals surface area (Å²) in [5.74, 6) is 0.919. The fraction of sp³-hybridized carbons (Fsp3) is 1.00. The second-order valence-electron chi connectivity index (χ2n) is 6.44. The van der Waals surface area contributed by atoms with Gasteiger partial charge in [-0.1, -0.05) is 20.3 Å². The van der Waals surface area contributed by atoms with E-state index < -0.39 is 0 Å². The molecule has 19 heavy (non-hydrogen) atoms. The zero-order chi connectivity index (χ0) is 13.7. The fourth-order valence-electron chi connectivity index (χ4n) is 4.02. The van der Waals surface area contributed by atoms with Gasteiger partial charge in [-0.2, -0.15) is 0 Å². The molecule has 0 aromatic carbocycles. The number of rotatable bonds is 4. The lowest BCUT2D eigenvalue weighted by Gasteiger charge is -2.43. The highest BCUT2D eigenvalue weighted by Gasteiger charge is 2.32. The van der Waals surface area contributed by atoms with E-state index in [1.807, 2.05) is 0 Å². The number of hydrogen-bond donors (Lipinski definition) is 1. The van der Waals surface area contributed by atoms with Crippen LogP contribution in [0, 0.1) is 5.92 Å². The van der Waals surface area contributed by atoms with Crippen molar-refractivity contribution in [1.82, 2.24) is 9.80 Å². The summed E-state index contributed by atoms with van der Waals surface area (Å²) in [4.78, 5) is 5.38. The zero-order valence-corrected chi connectivity index (χ0v) is 13.0. The largest absolute Gasteiger partial charge is 0.329 e. The first-order chi connectivity index (χ1) is 9.28. The van der Waals surface area contributed by atoms with Crippen LogP contribution in [0.5, 0.6) is 0 Å². The van der Waals surface area contributed by atoms with Crippen molar-refractivity contribution >= 4 is 0 Å². The molecule has 2 saturated heterocycles. The van der Waals surface area contributed by atoms with Crippen molar-refractivity contribution in [3.63, 3.8) is 0 Å². The van der Waals surface area contributed by atoms with Gasteiger partial charge in [-0.05, 0) is 64.2 Å². The molecule has 0 aromatic rings. The Morgan fingerprint density at radius 1 is 1.05 bits per heavy atom. The lowest BCUT2D eigenvalue weighted by Crippen LogP contribution is -2.51. The molecule has 3 unspecified atom stereocenters. The van der Waals surface area contributed by atoms with Crippen LogP contribution in [0.2, 0.25) is 0 Å². The SMILES string of the molecule is CCC1CCN(C2CCCN(CC)CC2)C(CN)C1. The molecule has 2 fully saturated rings. The standard InChI is InChI=1S/C16H33N3/c1-3-14-7-11-19(16(12-14)13-17)15-6-5-9-18(4-2)10-8-15/h14-16H,3-13,17H2,1-2H3. The third kappa shape index (κ3) is 3.93. The van der Waals surface area contributed by atoms with Gasteiger partial charge in [-0.3, -0.25) is 4.90 Å². The molecule has 3 nitrogen and oxygen atoms in total. The number of nitrogens with two attached hydrogens (primary N) is 1. The Morgan fingerprint density at radius 2 is 1.89 bits per heavy atom. The highest BCUT2D eigenvalue weighted by molar-refractivity contribution is 4.88. The lowest BCUT2D eigenvalue weighted by molar-refractivity contribution is 0.0631. The summed E-state index contributed by atoms with van der Waals surface area (Å²) in [6, 6.07) is 1.44. The van der Waals surface area contributed by atoms with Crippen LogP contribution in [0.15, 0.2) is 0 Å². The molecular formula is C16H33N3. The van der Waals surface area contributed by atoms with Crippen LogP contribution < -0.4 is 5.73 Å². The maximum atomic E-state index is 6.06. The summed E-state index contributed by atoms with van der Waals surface area (Å²) in [5, 5.41) is 0. The maximum absolute atomic E-state index is 6.06. The summed E-state index contributed by atoms with van der Waals surface area (Å²) in [5.41, 5.74) is 6.06. The molecule has 0 amide bonds. The molecular weight excluding hydrogens is 234 g/mol. The van der Waals surface area contributed by atoms with Crippen LogP contribution in [0.3, 0.4) is 0 Å². The molecule has 0 aromatic heterocycles. The van der Waals surface area contributed by atoms with E-state index in [-0.39, 0.29) is 0 Å². The minimum Gasteiger partial charge on any atom is -0.329 e. The topological polar surface area (TPSA) is 32.5 Å². The molecule has 0 spiro atoms. The second-order valence-corrected chi connectivity index (χ2v) is 6.44. The first-order valence-electron chi connectivity index (χ1n) is 8.46. The van der Waals surface area contributed by atoms with Crippen LogP contribution in [-0.4, -0.2) is 54.6 Å². The van der Waals surface area contributed by atoms with E-state index in [2.05, 4.69) is 23.6 Å². The average molecular weight is 267 g/mol. The summed E-state index contributed by atoms with van der Waals surface area (Å²) in [6.45, 7) is 10.6. The molecule has 2 aliphatic heterocycles. The normalized spacial score (nSPS) is 35.2. The Hall–Kier alpha value is -0.120. The van der Waals surface area contributed by atoms with E-state index in [0.29, 0.717) is 6.04 Å². The van der Waals surface area contributed by atoms with Gasteiger partial charge in [0, 0.05) is 18.6 Å². The average Bonchev–Trinajstić information content (AvgIpc) is 2.71. The third-order valence-electron chi connectivity index (χ3n) is 5.43. The van der Waals surface area contributed by atoms with Crippen molar-refractivity contribution in [3.05, 3.63) is 0 Å². The number of nitrogens with zero attached hydrogens (tertiary/aromatic N) is 2. The molecule has 0 bridgehead atoms. The van der Waals surface area contributed by atoms with E-state index in [4.69, 9.17) is 5.73 Å². The molecule has 2 N–H and O–H groups in total. The monoisotopic (exact) mass is 267 g/mol. The zero-order valence-electron chi connectivity index (χ0n) is 13.0. The Kier molecular flexibility index (Phi) is 6.11. The molecule has 3 atom stereocenters. The smallest absolute Gasteiger partial charge is 0.0223 e. The van der Waals surface area contributed by atoms with E-state index in [1.165, 1.54) is 64.7 Å². The molecule has 2 rings (SSSR count). The Labute approximate surface area is 119 Å². The molecule has 0 radical (unpaired) electrons. The van der Waals surface area contributed by atoms with Gasteiger partial charge < -0.3 is 10.6 Å². The van der Waals surface area contributed by atoms with Crippen molar-refractivity contribution in [2.75, 3.05) is 32.7 Å². The van der Waals surface area contributed by atoms with Crippen molar-refractivity contribution in [2.24, 2.45) is 11.7 Å². The van der Waals surface area contributed by atoms with Crippen LogP contribution >= 0.6 is 0 Å². The van der Waals surface area contributed by atoms with Crippen LogP contribution in [0.4, 0.5) is 0 Å². The third-order valence-corrected chi connectivity index (χ3v) is 5.43. The fourth-order valence-corrected chi connectivity index (χ4v) is 4.02. The maximum Gasteiger partial charge on any atom is 0.0223 e. The van der Waals surface area contributed by atoms with E-state index in [9.17, 15) is 0 Å². The molecule has 0 aliphatic carbocycles. The molecule has 3 heteroatoms. The molecule has 112 valence electrons. The summed E-state index contributed by atoms with van der Waals surface area (Å²) in [7, 11) is 0. The van der Waals surface area contributed by atoms with Crippen LogP contribution in [0.25, 0.3) is 0 Å². The summed E-state index contributed by atoms with van der Waals surface area (Å²) >= 11 is 0. The predicted octanol–water partition coefficient (Wildman–Crippen LogP) is 2.31. The Balaban J connectivity index is 1.92. The van der Waals surface area contributed by atoms with Crippen molar-refractivity contribution in [2.45, 2.75) is 64.5 Å². The van der Waals surface area contributed by atoms with E-state index >= 15 is 0 Å². The van der Waals surface area contributed by atoms with E-state index in [0.717, 1.165) is 18.5 Å². The molecule has 0 saturated carbocycles. The number of piperidine rings is 1. The predicted molar refractivity (Wildman–Crippen MR) is 82.3 cm³/mol. The Bertz CT molecular complexity index is 256. The van der Waals surface area contributed by atoms with Gasteiger partial charge in [0.05, 0.1) is 0 Å². The minimum atomic E-state index is 0.650. The molecule has 2 aliphatic rings. The molecule has 2 heterocycles. The van der Waals surface area contributed by atoms with Crippen molar-refractivity contribution in [1.29, 1.82) is 0 Å². The lowest BCUT2D eigenvalue weighted by atomic mass is 9.87. The number of hydrogen-bond acceptors (Lipinski definition) is 3. The van der Waals surface area contributed by atoms with Gasteiger partial charge in [0.25, 0.3) is 0 Å². The number of likely N-dealkylation sites (tertiary alicyclic amines) is 2. The Morgan fingerprint density at radius 3 is 2.58 bits per heavy atom. The summed E-state index contributed by atoms with van der Waals surface area (Å²) in [6.07, 6.45) is 8.15. The van der Waals surface area contributed by atoms with Crippen LogP contribution in [-0.2, 0) is 0 Å².